The van der Waals surface area contributed by atoms with Crippen LogP contribution in [0.2, 0.25) is 0 Å². The van der Waals surface area contributed by atoms with Gasteiger partial charge >= 0.3 is 0 Å². The van der Waals surface area contributed by atoms with E-state index in [4.69, 9.17) is 14.2 Å². The van der Waals surface area contributed by atoms with Crippen molar-refractivity contribution < 1.29 is 18.6 Å². The first-order valence-corrected chi connectivity index (χ1v) is 12.9. The molecule has 0 bridgehead atoms. The van der Waals surface area contributed by atoms with Gasteiger partial charge in [0.05, 0.1) is 14.2 Å². The molecular weight excluding hydrogens is 460 g/mol. The highest BCUT2D eigenvalue weighted by Gasteiger charge is 2.33. The fourth-order valence-corrected chi connectivity index (χ4v) is 6.12. The summed E-state index contributed by atoms with van der Waals surface area (Å²) in [6.07, 6.45) is 1.92. The Bertz CT molecular complexity index is 1110. The zero-order valence-corrected chi connectivity index (χ0v) is 22.7. The number of benzene rings is 3. The molecule has 0 amide bonds. The largest absolute Gasteiger partial charge is 0.497 e. The summed E-state index contributed by atoms with van der Waals surface area (Å²) in [4.78, 5) is 2.07. The molecule has 0 aliphatic carbocycles. The average molecular weight is 498 g/mol. The first kappa shape index (κ1) is 27.0. The second-order valence-electron chi connectivity index (χ2n) is 9.23. The third-order valence-corrected chi connectivity index (χ3v) is 7.85. The summed E-state index contributed by atoms with van der Waals surface area (Å²) in [7, 11) is 7.74. The van der Waals surface area contributed by atoms with Crippen molar-refractivity contribution in [2.24, 2.45) is 0 Å². The van der Waals surface area contributed by atoms with Gasteiger partial charge in [0.15, 0.2) is 11.5 Å². The van der Waals surface area contributed by atoms with Gasteiger partial charge in [-0.25, -0.2) is 4.39 Å². The molecule has 0 heterocycles. The summed E-state index contributed by atoms with van der Waals surface area (Å²) in [5, 5.41) is 0.897. The third-order valence-electron chi connectivity index (χ3n) is 6.02. The van der Waals surface area contributed by atoms with Crippen LogP contribution in [0, 0.1) is 5.82 Å². The topological polar surface area (TPSA) is 30.9 Å². The smallest absolute Gasteiger partial charge is 0.166 e. The van der Waals surface area contributed by atoms with Crippen molar-refractivity contribution in [3.63, 3.8) is 0 Å². The molecular formula is C29H37FNO3P. The summed E-state index contributed by atoms with van der Waals surface area (Å²) in [5.41, 5.74) is 3.14. The summed E-state index contributed by atoms with van der Waals surface area (Å²) in [6, 6.07) is 19.2. The second kappa shape index (κ2) is 12.4. The highest BCUT2D eigenvalue weighted by Crippen LogP contribution is 2.52. The number of rotatable bonds is 12. The van der Waals surface area contributed by atoms with Crippen LogP contribution >= 0.6 is 8.58 Å². The Morgan fingerprint density at radius 1 is 0.971 bits per heavy atom. The maximum Gasteiger partial charge on any atom is 0.166 e. The number of halogens is 1. The van der Waals surface area contributed by atoms with E-state index in [9.17, 15) is 4.39 Å². The molecule has 6 heteroatoms. The molecule has 0 saturated heterocycles. The van der Waals surface area contributed by atoms with Gasteiger partial charge in [-0.2, -0.15) is 0 Å². The molecule has 0 radical (unpaired) electrons. The van der Waals surface area contributed by atoms with Gasteiger partial charge in [0.2, 0.25) is 0 Å². The highest BCUT2D eigenvalue weighted by atomic mass is 31.1. The van der Waals surface area contributed by atoms with Gasteiger partial charge in [-0.3, -0.25) is 0 Å². The lowest BCUT2D eigenvalue weighted by Gasteiger charge is -2.34. The van der Waals surface area contributed by atoms with Crippen LogP contribution in [-0.4, -0.2) is 33.2 Å². The predicted molar refractivity (Wildman–Crippen MR) is 144 cm³/mol. The van der Waals surface area contributed by atoms with Crippen LogP contribution in [0.5, 0.6) is 17.2 Å². The molecule has 3 rings (SSSR count). The Balaban J connectivity index is 2.10. The zero-order valence-electron chi connectivity index (χ0n) is 21.7. The maximum absolute atomic E-state index is 14.2. The summed E-state index contributed by atoms with van der Waals surface area (Å²) in [6.45, 7) is 5.57. The molecule has 3 aromatic carbocycles. The molecule has 0 aliphatic rings. The molecule has 0 N–H and O–H groups in total. The summed E-state index contributed by atoms with van der Waals surface area (Å²) < 4.78 is 32.0. The fourth-order valence-electron chi connectivity index (χ4n) is 4.35. The average Bonchev–Trinajstić information content (AvgIpc) is 2.84. The molecule has 2 atom stereocenters. The molecule has 0 spiro atoms. The van der Waals surface area contributed by atoms with Gasteiger partial charge < -0.3 is 19.1 Å². The van der Waals surface area contributed by atoms with Crippen LogP contribution in [-0.2, 0) is 18.3 Å². The normalized spacial score (nSPS) is 13.3. The molecule has 35 heavy (non-hydrogen) atoms. The number of hydrogen-bond acceptors (Lipinski definition) is 4. The monoisotopic (exact) mass is 497 g/mol. The summed E-state index contributed by atoms with van der Waals surface area (Å²) in [5.74, 6) is 1.90. The van der Waals surface area contributed by atoms with Crippen LogP contribution in [0.4, 0.5) is 4.39 Å². The van der Waals surface area contributed by atoms with E-state index in [1.54, 1.807) is 26.4 Å². The number of nitrogens with zero attached hydrogens (tertiary/aromatic N) is 1. The fraction of sp³-hybridized carbons (Fsp3) is 0.379. The van der Waals surface area contributed by atoms with E-state index in [0.717, 1.165) is 46.3 Å². The standard InChI is InChI=1S/C29H37FNO3P/c1-7-15-29(2,35-27-14-13-23(30)16-22(27)19-31(3)4)25-17-24(32-5)18-26(33-6)28(25)34-20-21-11-9-8-10-12-21/h8-14,16-18,35H,7,15,19-20H2,1-6H3. The minimum absolute atomic E-state index is 0.206. The molecule has 4 nitrogen and oxygen atoms in total. The predicted octanol–water partition coefficient (Wildman–Crippen LogP) is 6.50. The maximum atomic E-state index is 14.2. The number of hydrogen-bond donors (Lipinski definition) is 0. The third kappa shape index (κ3) is 6.96. The van der Waals surface area contributed by atoms with Gasteiger partial charge in [0, 0.05) is 23.3 Å². The molecule has 2 unspecified atom stereocenters. The highest BCUT2D eigenvalue weighted by molar-refractivity contribution is 7.48. The van der Waals surface area contributed by atoms with Crippen molar-refractivity contribution in [2.75, 3.05) is 28.3 Å². The Morgan fingerprint density at radius 3 is 2.34 bits per heavy atom. The van der Waals surface area contributed by atoms with E-state index in [2.05, 4.69) is 36.9 Å². The molecule has 0 aromatic heterocycles. The zero-order chi connectivity index (χ0) is 25.4. The van der Waals surface area contributed by atoms with Gasteiger partial charge in [0.1, 0.15) is 18.2 Å². The minimum Gasteiger partial charge on any atom is -0.497 e. The number of ether oxygens (including phenoxy) is 3. The van der Waals surface area contributed by atoms with Crippen LogP contribution in [0.15, 0.2) is 60.7 Å². The first-order valence-electron chi connectivity index (χ1n) is 11.9. The Hall–Kier alpha value is -2.62. The van der Waals surface area contributed by atoms with Gasteiger partial charge in [-0.15, -0.1) is 0 Å². The van der Waals surface area contributed by atoms with Crippen molar-refractivity contribution in [1.82, 2.24) is 4.90 Å². The van der Waals surface area contributed by atoms with E-state index in [-0.39, 0.29) is 11.0 Å². The van der Waals surface area contributed by atoms with E-state index in [0.29, 0.717) is 27.5 Å². The Kier molecular flexibility index (Phi) is 9.54. The number of methoxy groups -OCH3 is 2. The quantitative estimate of drug-likeness (QED) is 0.267. The van der Waals surface area contributed by atoms with Crippen LogP contribution in [0.25, 0.3) is 0 Å². The molecule has 0 saturated carbocycles. The molecule has 0 aliphatic heterocycles. The Morgan fingerprint density at radius 2 is 1.71 bits per heavy atom. The second-order valence-corrected chi connectivity index (χ2v) is 11.1. The van der Waals surface area contributed by atoms with Crippen molar-refractivity contribution in [1.29, 1.82) is 0 Å². The van der Waals surface area contributed by atoms with Crippen LogP contribution in [0.1, 0.15) is 43.4 Å². The SMILES string of the molecule is CCCC(C)(Pc1ccc(F)cc1CN(C)C)c1cc(OC)cc(OC)c1OCc1ccccc1. The lowest BCUT2D eigenvalue weighted by molar-refractivity contribution is 0.276. The van der Waals surface area contributed by atoms with Crippen molar-refractivity contribution in [3.05, 3.63) is 83.2 Å². The van der Waals surface area contributed by atoms with E-state index >= 15 is 0 Å². The Labute approximate surface area is 211 Å². The minimum atomic E-state index is -0.262. The van der Waals surface area contributed by atoms with Crippen molar-refractivity contribution in [2.45, 2.75) is 45.0 Å². The van der Waals surface area contributed by atoms with E-state index in [1.807, 2.05) is 44.4 Å². The molecule has 188 valence electrons. The van der Waals surface area contributed by atoms with Crippen molar-refractivity contribution in [3.8, 4) is 17.2 Å². The van der Waals surface area contributed by atoms with E-state index < -0.39 is 0 Å². The van der Waals surface area contributed by atoms with Crippen LogP contribution in [0.3, 0.4) is 0 Å². The lowest BCUT2D eigenvalue weighted by Crippen LogP contribution is -2.24. The van der Waals surface area contributed by atoms with E-state index in [1.165, 1.54) is 0 Å². The first-order chi connectivity index (χ1) is 16.8. The summed E-state index contributed by atoms with van der Waals surface area (Å²) >= 11 is 0. The lowest BCUT2D eigenvalue weighted by atomic mass is 9.93. The molecule has 3 aromatic rings. The van der Waals surface area contributed by atoms with Gasteiger partial charge in [-0.1, -0.05) is 65.2 Å². The van der Waals surface area contributed by atoms with Crippen molar-refractivity contribution >= 4 is 13.9 Å². The van der Waals surface area contributed by atoms with Crippen LogP contribution < -0.4 is 19.5 Å². The van der Waals surface area contributed by atoms with Gasteiger partial charge in [0.25, 0.3) is 0 Å². The van der Waals surface area contributed by atoms with Gasteiger partial charge in [-0.05, 0) is 55.1 Å². The molecule has 0 fully saturated rings.